The summed E-state index contributed by atoms with van der Waals surface area (Å²) in [7, 11) is 0. The molecule has 1 aromatic rings. The maximum atomic E-state index is 13.7. The lowest BCUT2D eigenvalue weighted by Gasteiger charge is -2.16. The second-order valence-corrected chi connectivity index (χ2v) is 5.08. The number of amides is 2. The predicted octanol–water partition coefficient (Wildman–Crippen LogP) is 3.87. The SMILES string of the molecule is O=C(Nc1ccc(Br)c(Cl)c1F)N1CCCC1. The van der Waals surface area contributed by atoms with Gasteiger partial charge in [0.05, 0.1) is 10.7 Å². The second kappa shape index (κ2) is 5.23. The summed E-state index contributed by atoms with van der Waals surface area (Å²) in [6, 6.07) is 2.81. The van der Waals surface area contributed by atoms with E-state index in [1.54, 1.807) is 11.0 Å². The molecule has 6 heteroatoms. The van der Waals surface area contributed by atoms with Crippen LogP contribution in [0.3, 0.4) is 0 Å². The Morgan fingerprint density at radius 3 is 2.71 bits per heavy atom. The number of hydrogen-bond acceptors (Lipinski definition) is 1. The summed E-state index contributed by atoms with van der Waals surface area (Å²) in [6.07, 6.45) is 1.99. The predicted molar refractivity (Wildman–Crippen MR) is 68.9 cm³/mol. The minimum atomic E-state index is -0.617. The Morgan fingerprint density at radius 1 is 1.41 bits per heavy atom. The van der Waals surface area contributed by atoms with Crippen molar-refractivity contribution in [3.05, 3.63) is 27.4 Å². The summed E-state index contributed by atoms with van der Waals surface area (Å²) in [5, 5.41) is 2.50. The van der Waals surface area contributed by atoms with Crippen molar-refractivity contribution in [2.75, 3.05) is 18.4 Å². The van der Waals surface area contributed by atoms with Gasteiger partial charge in [-0.3, -0.25) is 0 Å². The number of nitrogens with one attached hydrogen (secondary N) is 1. The van der Waals surface area contributed by atoms with Crippen molar-refractivity contribution in [3.8, 4) is 0 Å². The third-order valence-electron chi connectivity index (χ3n) is 2.67. The smallest absolute Gasteiger partial charge is 0.321 e. The van der Waals surface area contributed by atoms with Crippen LogP contribution in [0, 0.1) is 5.82 Å². The standard InChI is InChI=1S/C11H11BrClFN2O/c12-7-3-4-8(10(14)9(7)13)15-11(17)16-5-1-2-6-16/h3-4H,1-2,5-6H2,(H,15,17). The first kappa shape index (κ1) is 12.6. The van der Waals surface area contributed by atoms with Gasteiger partial charge in [-0.25, -0.2) is 9.18 Å². The van der Waals surface area contributed by atoms with Crippen molar-refractivity contribution in [1.29, 1.82) is 0 Å². The Morgan fingerprint density at radius 2 is 2.06 bits per heavy atom. The molecule has 0 aliphatic carbocycles. The molecule has 17 heavy (non-hydrogen) atoms. The van der Waals surface area contributed by atoms with E-state index < -0.39 is 5.82 Å². The van der Waals surface area contributed by atoms with Gasteiger partial charge in [0.2, 0.25) is 0 Å². The van der Waals surface area contributed by atoms with Crippen LogP contribution in [-0.2, 0) is 0 Å². The van der Waals surface area contributed by atoms with E-state index in [0.717, 1.165) is 25.9 Å². The molecule has 2 amide bonds. The average molecular weight is 322 g/mol. The van der Waals surface area contributed by atoms with Crippen LogP contribution < -0.4 is 5.32 Å². The topological polar surface area (TPSA) is 32.3 Å². The number of likely N-dealkylation sites (tertiary alicyclic amines) is 1. The van der Waals surface area contributed by atoms with Crippen LogP contribution in [0.5, 0.6) is 0 Å². The minimum Gasteiger partial charge on any atom is -0.325 e. The summed E-state index contributed by atoms with van der Waals surface area (Å²) in [6.45, 7) is 1.44. The van der Waals surface area contributed by atoms with Gasteiger partial charge in [-0.05, 0) is 40.9 Å². The molecule has 0 spiro atoms. The Hall–Kier alpha value is -0.810. The van der Waals surface area contributed by atoms with Crippen LogP contribution in [0.25, 0.3) is 0 Å². The molecule has 1 heterocycles. The number of urea groups is 1. The van der Waals surface area contributed by atoms with Crippen molar-refractivity contribution in [3.63, 3.8) is 0 Å². The summed E-state index contributed by atoms with van der Waals surface area (Å²) in [5.41, 5.74) is 0.107. The number of benzene rings is 1. The van der Waals surface area contributed by atoms with Gasteiger partial charge < -0.3 is 10.2 Å². The Labute approximate surface area is 112 Å². The zero-order valence-electron chi connectivity index (χ0n) is 8.97. The normalized spacial score (nSPS) is 15.1. The second-order valence-electron chi connectivity index (χ2n) is 3.85. The molecule has 92 valence electrons. The van der Waals surface area contributed by atoms with E-state index >= 15 is 0 Å². The summed E-state index contributed by atoms with van der Waals surface area (Å²) in [4.78, 5) is 13.4. The number of rotatable bonds is 1. The fraction of sp³-hybridized carbons (Fsp3) is 0.364. The molecule has 0 atom stereocenters. The Kier molecular flexibility index (Phi) is 3.89. The molecule has 1 aliphatic heterocycles. The Bertz CT molecular complexity index is 449. The largest absolute Gasteiger partial charge is 0.325 e. The van der Waals surface area contributed by atoms with Gasteiger partial charge >= 0.3 is 6.03 Å². The van der Waals surface area contributed by atoms with Crippen LogP contribution in [-0.4, -0.2) is 24.0 Å². The number of anilines is 1. The van der Waals surface area contributed by atoms with E-state index in [1.165, 1.54) is 6.07 Å². The lowest BCUT2D eigenvalue weighted by molar-refractivity contribution is 0.222. The first-order valence-electron chi connectivity index (χ1n) is 5.29. The van der Waals surface area contributed by atoms with Crippen LogP contribution in [0.4, 0.5) is 14.9 Å². The van der Waals surface area contributed by atoms with Crippen LogP contribution >= 0.6 is 27.5 Å². The molecule has 0 saturated carbocycles. The highest BCUT2D eigenvalue weighted by atomic mass is 79.9. The van der Waals surface area contributed by atoms with Crippen molar-refractivity contribution < 1.29 is 9.18 Å². The number of carbonyl (C=O) groups excluding carboxylic acids is 1. The van der Waals surface area contributed by atoms with Gasteiger partial charge in [-0.15, -0.1) is 0 Å². The van der Waals surface area contributed by atoms with Crippen LogP contribution in [0.15, 0.2) is 16.6 Å². The molecule has 2 rings (SSSR count). The number of halogens is 3. The molecule has 1 fully saturated rings. The van der Waals surface area contributed by atoms with E-state index in [0.29, 0.717) is 4.47 Å². The quantitative estimate of drug-likeness (QED) is 0.783. The summed E-state index contributed by atoms with van der Waals surface area (Å²) >= 11 is 8.86. The van der Waals surface area contributed by atoms with Crippen molar-refractivity contribution >= 4 is 39.2 Å². The number of nitrogens with zero attached hydrogens (tertiary/aromatic N) is 1. The highest BCUT2D eigenvalue weighted by Crippen LogP contribution is 2.30. The highest BCUT2D eigenvalue weighted by Gasteiger charge is 2.19. The molecule has 0 unspecified atom stereocenters. The van der Waals surface area contributed by atoms with E-state index in [2.05, 4.69) is 21.2 Å². The Balaban J connectivity index is 2.13. The zero-order valence-corrected chi connectivity index (χ0v) is 11.3. The van der Waals surface area contributed by atoms with Gasteiger partial charge in [0, 0.05) is 17.6 Å². The fourth-order valence-electron chi connectivity index (χ4n) is 1.74. The molecule has 1 saturated heterocycles. The minimum absolute atomic E-state index is 0.0239. The molecule has 3 nitrogen and oxygen atoms in total. The molecule has 1 N–H and O–H groups in total. The zero-order chi connectivity index (χ0) is 12.4. The van der Waals surface area contributed by atoms with Gasteiger partial charge in [-0.2, -0.15) is 0 Å². The molecule has 1 aliphatic rings. The van der Waals surface area contributed by atoms with Gasteiger partial charge in [0.25, 0.3) is 0 Å². The first-order chi connectivity index (χ1) is 8.09. The van der Waals surface area contributed by atoms with E-state index in [9.17, 15) is 9.18 Å². The lowest BCUT2D eigenvalue weighted by atomic mass is 10.3. The number of carbonyl (C=O) groups is 1. The molecular formula is C11H11BrClFN2O. The fourth-order valence-corrected chi connectivity index (χ4v) is 2.21. The van der Waals surface area contributed by atoms with Crippen LogP contribution in [0.2, 0.25) is 5.02 Å². The van der Waals surface area contributed by atoms with Crippen molar-refractivity contribution in [2.45, 2.75) is 12.8 Å². The third-order valence-corrected chi connectivity index (χ3v) is 3.93. The van der Waals surface area contributed by atoms with E-state index in [-0.39, 0.29) is 16.7 Å². The van der Waals surface area contributed by atoms with Crippen LogP contribution in [0.1, 0.15) is 12.8 Å². The molecular weight excluding hydrogens is 310 g/mol. The van der Waals surface area contributed by atoms with Gasteiger partial charge in [-0.1, -0.05) is 11.6 Å². The maximum absolute atomic E-state index is 13.7. The molecule has 1 aromatic carbocycles. The average Bonchev–Trinajstić information content (AvgIpc) is 2.83. The highest BCUT2D eigenvalue weighted by molar-refractivity contribution is 9.10. The van der Waals surface area contributed by atoms with Crippen molar-refractivity contribution in [2.24, 2.45) is 0 Å². The maximum Gasteiger partial charge on any atom is 0.321 e. The summed E-state index contributed by atoms with van der Waals surface area (Å²) < 4.78 is 14.2. The monoisotopic (exact) mass is 320 g/mol. The molecule has 0 aromatic heterocycles. The number of hydrogen-bond donors (Lipinski definition) is 1. The van der Waals surface area contributed by atoms with E-state index in [4.69, 9.17) is 11.6 Å². The van der Waals surface area contributed by atoms with Crippen molar-refractivity contribution in [1.82, 2.24) is 4.90 Å². The van der Waals surface area contributed by atoms with E-state index in [1.807, 2.05) is 0 Å². The third kappa shape index (κ3) is 2.72. The first-order valence-corrected chi connectivity index (χ1v) is 6.46. The molecule has 0 radical (unpaired) electrons. The van der Waals surface area contributed by atoms with Gasteiger partial charge in [0.15, 0.2) is 5.82 Å². The lowest BCUT2D eigenvalue weighted by Crippen LogP contribution is -2.32. The molecule has 0 bridgehead atoms. The summed E-state index contributed by atoms with van der Waals surface area (Å²) in [5.74, 6) is -0.617. The van der Waals surface area contributed by atoms with Gasteiger partial charge in [0.1, 0.15) is 0 Å².